The lowest BCUT2D eigenvalue weighted by molar-refractivity contribution is 0.150. The molecule has 0 saturated heterocycles. The van der Waals surface area contributed by atoms with Crippen molar-refractivity contribution in [2.75, 3.05) is 40.5 Å². The second-order valence-electron chi connectivity index (χ2n) is 4.18. The van der Waals surface area contributed by atoms with Crippen molar-refractivity contribution in [2.24, 2.45) is 0 Å². The summed E-state index contributed by atoms with van der Waals surface area (Å²) in [4.78, 5) is 1.56. The Hall–Kier alpha value is -0.510. The van der Waals surface area contributed by atoms with Crippen molar-refractivity contribution in [1.29, 1.82) is 0 Å². The molecule has 1 heterocycles. The molecule has 1 N–H and O–H groups in total. The van der Waals surface area contributed by atoms with Gasteiger partial charge in [0.05, 0.1) is 24.7 Å². The van der Waals surface area contributed by atoms with E-state index < -0.39 is 10.0 Å². The number of hydrogen-bond acceptors (Lipinski definition) is 6. The number of methoxy groups -OCH3 is 2. The van der Waals surface area contributed by atoms with Crippen LogP contribution < -0.4 is 0 Å². The van der Waals surface area contributed by atoms with Gasteiger partial charge in [-0.3, -0.25) is 0 Å². The maximum absolute atomic E-state index is 12.6. The summed E-state index contributed by atoms with van der Waals surface area (Å²) in [6, 6.07) is 1.53. The molecule has 6 nitrogen and oxygen atoms in total. The molecule has 0 aromatic carbocycles. The van der Waals surface area contributed by atoms with Gasteiger partial charge in [-0.2, -0.15) is 4.31 Å². The van der Waals surface area contributed by atoms with Crippen molar-refractivity contribution in [3.05, 3.63) is 15.8 Å². The third-order valence-electron chi connectivity index (χ3n) is 2.79. The molecule has 20 heavy (non-hydrogen) atoms. The summed E-state index contributed by atoms with van der Waals surface area (Å²) in [6.07, 6.45) is 0. The summed E-state index contributed by atoms with van der Waals surface area (Å²) in [6.45, 7) is 2.76. The summed E-state index contributed by atoms with van der Waals surface area (Å²) in [5.74, 6) is 0. The summed E-state index contributed by atoms with van der Waals surface area (Å²) in [5.41, 5.74) is 0. The molecule has 0 bridgehead atoms. The predicted molar refractivity (Wildman–Crippen MR) is 77.5 cm³/mol. The van der Waals surface area contributed by atoms with Crippen molar-refractivity contribution in [3.63, 3.8) is 0 Å². The number of aryl methyl sites for hydroxylation is 1. The molecule has 8 heteroatoms. The van der Waals surface area contributed by atoms with Gasteiger partial charge in [0.2, 0.25) is 10.0 Å². The Balaban J connectivity index is 3.03. The standard InChI is InChI=1S/C12H21NO5S2/c1-10-12(8-11(9-14)19-10)20(15,16)13(4-6-17-2)5-7-18-3/h8,14H,4-7,9H2,1-3H3. The molecule has 0 radical (unpaired) electrons. The Kier molecular flexibility index (Phi) is 7.07. The second-order valence-corrected chi connectivity index (χ2v) is 7.43. The number of sulfonamides is 1. The fraction of sp³-hybridized carbons (Fsp3) is 0.667. The second kappa shape index (κ2) is 8.06. The zero-order valence-electron chi connectivity index (χ0n) is 12.0. The number of thiophene rings is 1. The van der Waals surface area contributed by atoms with Crippen LogP contribution in [0.4, 0.5) is 0 Å². The zero-order chi connectivity index (χ0) is 15.2. The Morgan fingerprint density at radius 1 is 1.25 bits per heavy atom. The van der Waals surface area contributed by atoms with Crippen molar-refractivity contribution >= 4 is 21.4 Å². The maximum atomic E-state index is 12.6. The van der Waals surface area contributed by atoms with Crippen LogP contribution in [0.1, 0.15) is 9.75 Å². The van der Waals surface area contributed by atoms with Gasteiger partial charge >= 0.3 is 0 Å². The van der Waals surface area contributed by atoms with Gasteiger partial charge < -0.3 is 14.6 Å². The molecular weight excluding hydrogens is 302 g/mol. The van der Waals surface area contributed by atoms with E-state index in [2.05, 4.69) is 0 Å². The van der Waals surface area contributed by atoms with E-state index in [1.165, 1.54) is 35.9 Å². The lowest BCUT2D eigenvalue weighted by atomic mass is 10.4. The molecule has 0 atom stereocenters. The van der Waals surface area contributed by atoms with E-state index in [0.717, 1.165) is 0 Å². The highest BCUT2D eigenvalue weighted by Crippen LogP contribution is 2.28. The molecule has 0 saturated carbocycles. The lowest BCUT2D eigenvalue weighted by Crippen LogP contribution is -2.36. The first-order valence-electron chi connectivity index (χ1n) is 6.15. The number of rotatable bonds is 9. The van der Waals surface area contributed by atoms with E-state index in [9.17, 15) is 8.42 Å². The quantitative estimate of drug-likeness (QED) is 0.728. The molecule has 116 valence electrons. The molecular formula is C12H21NO5S2. The molecule has 1 rings (SSSR count). The van der Waals surface area contributed by atoms with Crippen LogP contribution in [0.2, 0.25) is 0 Å². The van der Waals surface area contributed by atoms with Gasteiger partial charge in [-0.05, 0) is 13.0 Å². The highest BCUT2D eigenvalue weighted by Gasteiger charge is 2.27. The van der Waals surface area contributed by atoms with Crippen molar-refractivity contribution in [2.45, 2.75) is 18.4 Å². The topological polar surface area (TPSA) is 76.1 Å². The molecule has 0 aliphatic carbocycles. The average molecular weight is 323 g/mol. The number of ether oxygens (including phenoxy) is 2. The molecule has 0 fully saturated rings. The van der Waals surface area contributed by atoms with Crippen molar-refractivity contribution in [1.82, 2.24) is 4.31 Å². The molecule has 0 aliphatic rings. The summed E-state index contributed by atoms with van der Waals surface area (Å²) in [5, 5.41) is 9.12. The van der Waals surface area contributed by atoms with Gasteiger partial charge in [0.1, 0.15) is 0 Å². The van der Waals surface area contributed by atoms with Gasteiger partial charge in [0.25, 0.3) is 0 Å². The smallest absolute Gasteiger partial charge is 0.244 e. The SMILES string of the molecule is COCCN(CCOC)S(=O)(=O)c1cc(CO)sc1C. The maximum Gasteiger partial charge on any atom is 0.244 e. The minimum atomic E-state index is -3.59. The van der Waals surface area contributed by atoms with Crippen LogP contribution in [0, 0.1) is 6.92 Å². The van der Waals surface area contributed by atoms with Gasteiger partial charge in [-0.15, -0.1) is 11.3 Å². The Morgan fingerprint density at radius 2 is 1.80 bits per heavy atom. The third-order valence-corrected chi connectivity index (χ3v) is 5.98. The van der Waals surface area contributed by atoms with E-state index in [0.29, 0.717) is 23.0 Å². The van der Waals surface area contributed by atoms with Crippen LogP contribution >= 0.6 is 11.3 Å². The number of aliphatic hydroxyl groups excluding tert-OH is 1. The normalized spacial score (nSPS) is 12.2. The summed E-state index contributed by atoms with van der Waals surface area (Å²) < 4.78 is 36.5. The molecule has 1 aromatic heterocycles. The number of hydrogen-bond donors (Lipinski definition) is 1. The largest absolute Gasteiger partial charge is 0.391 e. The fourth-order valence-electron chi connectivity index (χ4n) is 1.74. The van der Waals surface area contributed by atoms with Crippen molar-refractivity contribution < 1.29 is 23.0 Å². The Bertz CT molecular complexity index is 504. The van der Waals surface area contributed by atoms with Gasteiger partial charge in [-0.25, -0.2) is 8.42 Å². The van der Waals surface area contributed by atoms with Crippen LogP contribution in [-0.2, 0) is 26.1 Å². The lowest BCUT2D eigenvalue weighted by Gasteiger charge is -2.21. The third kappa shape index (κ3) is 4.24. The monoisotopic (exact) mass is 323 g/mol. The molecule has 0 unspecified atom stereocenters. The van der Waals surface area contributed by atoms with E-state index in [1.807, 2.05) is 0 Å². The van der Waals surface area contributed by atoms with Gasteiger partial charge in [0, 0.05) is 37.1 Å². The first-order valence-corrected chi connectivity index (χ1v) is 8.41. The van der Waals surface area contributed by atoms with E-state index in [-0.39, 0.29) is 24.6 Å². The Morgan fingerprint density at radius 3 is 2.20 bits per heavy atom. The highest BCUT2D eigenvalue weighted by molar-refractivity contribution is 7.89. The first-order chi connectivity index (χ1) is 9.47. The summed E-state index contributed by atoms with van der Waals surface area (Å²) >= 11 is 1.29. The predicted octanol–water partition coefficient (Wildman–Crippen LogP) is 0.832. The fourth-order valence-corrected chi connectivity index (χ4v) is 4.61. The molecule has 0 spiro atoms. The number of nitrogens with zero attached hydrogens (tertiary/aromatic N) is 1. The van der Waals surface area contributed by atoms with Crippen molar-refractivity contribution in [3.8, 4) is 0 Å². The van der Waals surface area contributed by atoms with Gasteiger partial charge in [0.15, 0.2) is 0 Å². The Labute approximate surface area is 124 Å². The zero-order valence-corrected chi connectivity index (χ0v) is 13.6. The average Bonchev–Trinajstić information content (AvgIpc) is 2.80. The highest BCUT2D eigenvalue weighted by atomic mass is 32.2. The minimum absolute atomic E-state index is 0.156. The van der Waals surface area contributed by atoms with Crippen LogP contribution in [0.5, 0.6) is 0 Å². The van der Waals surface area contributed by atoms with Gasteiger partial charge in [-0.1, -0.05) is 0 Å². The van der Waals surface area contributed by atoms with E-state index in [4.69, 9.17) is 14.6 Å². The van der Waals surface area contributed by atoms with E-state index in [1.54, 1.807) is 6.92 Å². The molecule has 0 amide bonds. The number of aliphatic hydroxyl groups is 1. The minimum Gasteiger partial charge on any atom is -0.391 e. The first kappa shape index (κ1) is 17.5. The van der Waals surface area contributed by atoms with Crippen LogP contribution in [-0.4, -0.2) is 58.4 Å². The van der Waals surface area contributed by atoms with E-state index >= 15 is 0 Å². The van der Waals surface area contributed by atoms with Crippen LogP contribution in [0.25, 0.3) is 0 Å². The van der Waals surface area contributed by atoms with Crippen LogP contribution in [0.3, 0.4) is 0 Å². The van der Waals surface area contributed by atoms with Crippen LogP contribution in [0.15, 0.2) is 11.0 Å². The summed E-state index contributed by atoms with van der Waals surface area (Å²) in [7, 11) is -0.536. The molecule has 1 aromatic rings. The molecule has 0 aliphatic heterocycles.